The average molecular weight is 153 g/mol. The fourth-order valence-electron chi connectivity index (χ4n) is 0.640. The van der Waals surface area contributed by atoms with Gasteiger partial charge in [0.1, 0.15) is 0 Å². The third kappa shape index (κ3) is 1.63. The molecule has 0 amide bonds. The van der Waals surface area contributed by atoms with E-state index in [1.165, 1.54) is 0 Å². The number of hydrogen-bond acceptors (Lipinski definition) is 2. The van der Waals surface area contributed by atoms with Crippen molar-refractivity contribution < 1.29 is 9.67 Å². The Morgan fingerprint density at radius 3 is 2.40 bits per heavy atom. The quantitative estimate of drug-likeness (QED) is 0.661. The number of rotatable bonds is 2. The minimum absolute atomic E-state index is 0.124. The zero-order valence-corrected chi connectivity index (χ0v) is 6.08. The summed E-state index contributed by atoms with van der Waals surface area (Å²) in [4.78, 5) is 0. The summed E-state index contributed by atoms with van der Waals surface area (Å²) in [7, 11) is -0.334. The Bertz CT molecular complexity index is 210. The van der Waals surface area contributed by atoms with E-state index < -0.39 is 0 Å². The van der Waals surface area contributed by atoms with Gasteiger partial charge in [-0.25, -0.2) is 0 Å². The van der Waals surface area contributed by atoms with Crippen LogP contribution in [-0.2, 0) is 4.57 Å². The van der Waals surface area contributed by atoms with Crippen LogP contribution < -0.4 is 0 Å². The molecule has 2 nitrogen and oxygen atoms in total. The van der Waals surface area contributed by atoms with E-state index in [-0.39, 0.29) is 14.3 Å². The van der Waals surface area contributed by atoms with E-state index in [2.05, 4.69) is 0 Å². The summed E-state index contributed by atoms with van der Waals surface area (Å²) in [5.41, 5.74) is 0.596. The molecule has 1 radical (unpaired) electrons. The van der Waals surface area contributed by atoms with Gasteiger partial charge in [0, 0.05) is 0 Å². The molecule has 0 heterocycles. The first-order valence-corrected chi connectivity index (χ1v) is 3.60. The maximum atomic E-state index is 10.1. The van der Waals surface area contributed by atoms with Gasteiger partial charge in [0.15, 0.2) is 8.46 Å². The summed E-state index contributed by atoms with van der Waals surface area (Å²) in [6, 6.07) is 8.77. The molecule has 3 heteroatoms. The van der Waals surface area contributed by atoms with Gasteiger partial charge < -0.3 is 5.11 Å². The molecule has 0 aliphatic rings. The van der Waals surface area contributed by atoms with Gasteiger partial charge in [-0.15, -0.1) is 0 Å². The topological polar surface area (TPSA) is 37.3 Å². The van der Waals surface area contributed by atoms with Crippen molar-refractivity contribution in [3.8, 4) is 0 Å². The van der Waals surface area contributed by atoms with Crippen molar-refractivity contribution in [2.75, 3.05) is 0 Å². The van der Waals surface area contributed by atoms with Crippen LogP contribution in [0.2, 0.25) is 0 Å². The van der Waals surface area contributed by atoms with E-state index >= 15 is 0 Å². The van der Waals surface area contributed by atoms with Crippen LogP contribution in [0.3, 0.4) is 0 Å². The van der Waals surface area contributed by atoms with Crippen LogP contribution in [-0.4, -0.2) is 5.11 Å². The van der Waals surface area contributed by atoms with Crippen LogP contribution in [0.5, 0.6) is 0 Å². The molecular formula is C7H6O2P. The van der Waals surface area contributed by atoms with Gasteiger partial charge in [-0.1, -0.05) is 30.3 Å². The molecule has 0 aromatic heterocycles. The molecule has 0 saturated heterocycles. The first kappa shape index (κ1) is 7.39. The van der Waals surface area contributed by atoms with Gasteiger partial charge in [-0.05, 0) is 5.56 Å². The molecule has 1 aromatic rings. The molecule has 1 rings (SSSR count). The highest BCUT2D eigenvalue weighted by Gasteiger charge is 2.05. The van der Waals surface area contributed by atoms with Gasteiger partial charge in [-0.3, -0.25) is 4.57 Å². The minimum Gasteiger partial charge on any atom is -0.370 e. The van der Waals surface area contributed by atoms with Gasteiger partial charge in [0.05, 0.1) is 0 Å². The predicted octanol–water partition coefficient (Wildman–Crippen LogP) is 2.19. The first-order valence-electron chi connectivity index (χ1n) is 2.79. The number of aliphatic hydroxyl groups is 1. The average Bonchev–Trinajstić information content (AvgIpc) is 2.05. The molecule has 0 bridgehead atoms. The molecule has 0 fully saturated rings. The largest absolute Gasteiger partial charge is 0.370 e. The van der Waals surface area contributed by atoms with E-state index in [1.807, 2.05) is 6.07 Å². The van der Waals surface area contributed by atoms with Crippen LogP contribution in [0.15, 0.2) is 30.3 Å². The molecule has 0 spiro atoms. The van der Waals surface area contributed by atoms with Gasteiger partial charge in [0.25, 0.3) is 0 Å². The summed E-state index contributed by atoms with van der Waals surface area (Å²) in [6.07, 6.45) is 0. The van der Waals surface area contributed by atoms with Crippen molar-refractivity contribution in [1.29, 1.82) is 0 Å². The summed E-state index contributed by atoms with van der Waals surface area (Å²) >= 11 is 0. The fourth-order valence-corrected chi connectivity index (χ4v) is 0.894. The lowest BCUT2D eigenvalue weighted by atomic mass is 10.2. The summed E-state index contributed by atoms with van der Waals surface area (Å²) in [5.74, 6) is -0.124. The van der Waals surface area contributed by atoms with Crippen molar-refractivity contribution in [3.63, 3.8) is 0 Å². The highest BCUT2D eigenvalue weighted by molar-refractivity contribution is 7.28. The van der Waals surface area contributed by atoms with E-state index in [4.69, 9.17) is 5.11 Å². The highest BCUT2D eigenvalue weighted by Crippen LogP contribution is 2.20. The lowest BCUT2D eigenvalue weighted by Gasteiger charge is -1.96. The lowest BCUT2D eigenvalue weighted by Crippen LogP contribution is -1.86. The predicted molar refractivity (Wildman–Crippen MR) is 38.3 cm³/mol. The standard InChI is InChI=1S/C7H6O2P/c8-7(10-9)6-4-2-1-3-5-6/h1-5,8H. The molecule has 0 unspecified atom stereocenters. The second-order valence-corrected chi connectivity index (χ2v) is 2.39. The number of benzene rings is 1. The van der Waals surface area contributed by atoms with Crippen molar-refractivity contribution >= 4 is 8.46 Å². The summed E-state index contributed by atoms with van der Waals surface area (Å²) in [6.45, 7) is 0. The Morgan fingerprint density at radius 1 is 1.30 bits per heavy atom. The van der Waals surface area contributed by atoms with Crippen molar-refractivity contribution in [2.24, 2.45) is 0 Å². The van der Waals surface area contributed by atoms with E-state index in [1.54, 1.807) is 24.3 Å². The molecule has 1 aromatic carbocycles. The third-order valence-electron chi connectivity index (χ3n) is 1.12. The Balaban J connectivity index is 2.84. The van der Waals surface area contributed by atoms with Crippen LogP contribution in [0.25, 0.3) is 0 Å². The SMILES string of the molecule is O=P[C](O)c1ccccc1. The molecular weight excluding hydrogens is 147 g/mol. The van der Waals surface area contributed by atoms with Crippen LogP contribution >= 0.6 is 8.46 Å². The molecule has 10 heavy (non-hydrogen) atoms. The molecule has 0 aliphatic heterocycles. The molecule has 0 aliphatic carbocycles. The van der Waals surface area contributed by atoms with Crippen LogP contribution in [0.4, 0.5) is 0 Å². The Kier molecular flexibility index (Phi) is 2.55. The maximum Gasteiger partial charge on any atom is 0.214 e. The monoisotopic (exact) mass is 153 g/mol. The second kappa shape index (κ2) is 3.45. The van der Waals surface area contributed by atoms with Crippen molar-refractivity contribution in [3.05, 3.63) is 41.7 Å². The van der Waals surface area contributed by atoms with Crippen molar-refractivity contribution in [1.82, 2.24) is 0 Å². The third-order valence-corrected chi connectivity index (χ3v) is 1.55. The van der Waals surface area contributed by atoms with E-state index in [0.29, 0.717) is 5.56 Å². The van der Waals surface area contributed by atoms with E-state index in [0.717, 1.165) is 0 Å². The Labute approximate surface area is 60.7 Å². The Morgan fingerprint density at radius 2 is 1.90 bits per heavy atom. The zero-order valence-electron chi connectivity index (χ0n) is 5.19. The van der Waals surface area contributed by atoms with Crippen LogP contribution in [0, 0.1) is 5.85 Å². The second-order valence-electron chi connectivity index (χ2n) is 1.78. The van der Waals surface area contributed by atoms with Gasteiger partial charge in [0.2, 0.25) is 5.85 Å². The first-order chi connectivity index (χ1) is 4.84. The van der Waals surface area contributed by atoms with Gasteiger partial charge >= 0.3 is 0 Å². The lowest BCUT2D eigenvalue weighted by molar-refractivity contribution is 0.384. The molecule has 51 valence electrons. The maximum absolute atomic E-state index is 10.1. The van der Waals surface area contributed by atoms with Crippen LogP contribution in [0.1, 0.15) is 5.56 Å². The smallest absolute Gasteiger partial charge is 0.214 e. The highest BCUT2D eigenvalue weighted by atomic mass is 31.1. The normalized spacial score (nSPS) is 10.6. The molecule has 1 N–H and O–H groups in total. The van der Waals surface area contributed by atoms with Gasteiger partial charge in [-0.2, -0.15) is 0 Å². The Hall–Kier alpha value is -0.720. The molecule has 0 atom stereocenters. The molecule has 0 saturated carbocycles. The number of aliphatic hydroxyl groups excluding tert-OH is 1. The zero-order chi connectivity index (χ0) is 7.40. The fraction of sp³-hybridized carbons (Fsp3) is 0. The summed E-state index contributed by atoms with van der Waals surface area (Å²) < 4.78 is 10.1. The van der Waals surface area contributed by atoms with Crippen molar-refractivity contribution in [2.45, 2.75) is 0 Å². The number of hydrogen-bond donors (Lipinski definition) is 1. The summed E-state index contributed by atoms with van der Waals surface area (Å²) in [5, 5.41) is 8.92. The van der Waals surface area contributed by atoms with E-state index in [9.17, 15) is 4.57 Å². The minimum atomic E-state index is -0.334.